The Balaban J connectivity index is 1.38. The van der Waals surface area contributed by atoms with Crippen molar-refractivity contribution in [3.8, 4) is 0 Å². The monoisotopic (exact) mass is 434 g/mol. The van der Waals surface area contributed by atoms with Gasteiger partial charge in [0.2, 0.25) is 5.95 Å². The van der Waals surface area contributed by atoms with Gasteiger partial charge in [0.25, 0.3) is 0 Å². The zero-order valence-electron chi connectivity index (χ0n) is 16.7. The lowest BCUT2D eigenvalue weighted by Gasteiger charge is -2.34. The second-order valence-corrected chi connectivity index (χ2v) is 8.99. The summed E-state index contributed by atoms with van der Waals surface area (Å²) < 4.78 is 0. The Morgan fingerprint density at radius 3 is 2.57 bits per heavy atom. The molecule has 2 aliphatic heterocycles. The third kappa shape index (κ3) is 4.10. The van der Waals surface area contributed by atoms with Crippen LogP contribution in [0.4, 0.5) is 5.95 Å². The van der Waals surface area contributed by atoms with Gasteiger partial charge in [-0.3, -0.25) is 4.90 Å². The molecule has 5 rings (SSSR count). The molecule has 3 heterocycles. The number of hydrogen-bond acceptors (Lipinski definition) is 5. The van der Waals surface area contributed by atoms with Crippen LogP contribution in [0, 0.1) is 0 Å². The van der Waals surface area contributed by atoms with E-state index in [9.17, 15) is 0 Å². The maximum atomic E-state index is 6.38. The van der Waals surface area contributed by atoms with E-state index in [4.69, 9.17) is 11.6 Å². The van der Waals surface area contributed by atoms with Crippen LogP contribution in [0.1, 0.15) is 16.7 Å². The van der Waals surface area contributed by atoms with E-state index < -0.39 is 0 Å². The van der Waals surface area contributed by atoms with Crippen LogP contribution >= 0.6 is 23.4 Å². The zero-order chi connectivity index (χ0) is 20.3. The molecule has 152 valence electrons. The van der Waals surface area contributed by atoms with E-state index in [0.717, 1.165) is 49.4 Å². The van der Waals surface area contributed by atoms with E-state index in [1.807, 2.05) is 36.3 Å². The molecule has 1 saturated heterocycles. The SMILES string of the molecule is Clc1ccc2c(c1)C(=CCN1CCN(c3ncccn3)CC1)c1ccccc1CS2. The Bertz CT molecular complexity index is 1060. The summed E-state index contributed by atoms with van der Waals surface area (Å²) >= 11 is 8.27. The molecule has 0 spiro atoms. The van der Waals surface area contributed by atoms with Crippen molar-refractivity contribution in [2.45, 2.75) is 10.6 Å². The Morgan fingerprint density at radius 2 is 1.73 bits per heavy atom. The number of anilines is 1. The molecule has 30 heavy (non-hydrogen) atoms. The molecule has 0 aliphatic carbocycles. The van der Waals surface area contributed by atoms with Gasteiger partial charge in [-0.05, 0) is 46.5 Å². The second kappa shape index (κ2) is 8.80. The summed E-state index contributed by atoms with van der Waals surface area (Å²) in [5.41, 5.74) is 5.24. The minimum absolute atomic E-state index is 0.788. The van der Waals surface area contributed by atoms with Gasteiger partial charge in [-0.15, -0.1) is 11.8 Å². The van der Waals surface area contributed by atoms with Crippen molar-refractivity contribution in [1.82, 2.24) is 14.9 Å². The molecule has 1 fully saturated rings. The maximum Gasteiger partial charge on any atom is 0.225 e. The predicted molar refractivity (Wildman–Crippen MR) is 125 cm³/mol. The Labute approximate surface area is 186 Å². The molecule has 0 amide bonds. The van der Waals surface area contributed by atoms with Crippen LogP contribution in [-0.2, 0) is 5.75 Å². The van der Waals surface area contributed by atoms with Crippen molar-refractivity contribution >= 4 is 34.9 Å². The smallest absolute Gasteiger partial charge is 0.225 e. The summed E-state index contributed by atoms with van der Waals surface area (Å²) in [6.45, 7) is 4.82. The van der Waals surface area contributed by atoms with Gasteiger partial charge in [-0.2, -0.15) is 0 Å². The molecule has 2 aromatic carbocycles. The summed E-state index contributed by atoms with van der Waals surface area (Å²) in [5.74, 6) is 1.81. The van der Waals surface area contributed by atoms with Crippen LogP contribution in [0.2, 0.25) is 5.02 Å². The fraction of sp³-hybridized carbons (Fsp3) is 0.250. The van der Waals surface area contributed by atoms with Crippen LogP contribution in [0.3, 0.4) is 0 Å². The van der Waals surface area contributed by atoms with Crippen LogP contribution in [0.25, 0.3) is 5.57 Å². The van der Waals surface area contributed by atoms with E-state index in [-0.39, 0.29) is 0 Å². The standard InChI is InChI=1S/C24H23ClN4S/c25-19-6-7-23-22(16-19)21(20-5-2-1-4-18(20)17-30-23)8-11-28-12-14-29(15-13-28)24-26-9-3-10-27-24/h1-10,16H,11-15,17H2. The fourth-order valence-electron chi connectivity index (χ4n) is 4.07. The lowest BCUT2D eigenvalue weighted by Crippen LogP contribution is -2.47. The highest BCUT2D eigenvalue weighted by Crippen LogP contribution is 2.41. The first-order valence-electron chi connectivity index (χ1n) is 10.2. The molecular formula is C24H23ClN4S. The fourth-order valence-corrected chi connectivity index (χ4v) is 5.30. The Kier molecular flexibility index (Phi) is 5.75. The van der Waals surface area contributed by atoms with Crippen LogP contribution in [0.15, 0.2) is 71.9 Å². The third-order valence-electron chi connectivity index (χ3n) is 5.68. The van der Waals surface area contributed by atoms with Gasteiger partial charge in [0, 0.05) is 60.8 Å². The Hall–Kier alpha value is -2.34. The van der Waals surface area contributed by atoms with Crippen molar-refractivity contribution in [3.63, 3.8) is 0 Å². The summed E-state index contributed by atoms with van der Waals surface area (Å²) in [5, 5.41) is 0.788. The van der Waals surface area contributed by atoms with Crippen molar-refractivity contribution in [3.05, 3.63) is 88.7 Å². The molecule has 0 radical (unpaired) electrons. The molecule has 0 bridgehead atoms. The van der Waals surface area contributed by atoms with E-state index in [1.165, 1.54) is 27.2 Å². The van der Waals surface area contributed by atoms with Crippen molar-refractivity contribution < 1.29 is 0 Å². The summed E-state index contributed by atoms with van der Waals surface area (Å²) in [4.78, 5) is 14.8. The second-order valence-electron chi connectivity index (χ2n) is 7.54. The minimum atomic E-state index is 0.788. The van der Waals surface area contributed by atoms with Gasteiger partial charge in [-0.25, -0.2) is 9.97 Å². The highest BCUT2D eigenvalue weighted by Gasteiger charge is 2.21. The van der Waals surface area contributed by atoms with Crippen LogP contribution < -0.4 is 4.90 Å². The number of halogens is 1. The molecule has 6 heteroatoms. The minimum Gasteiger partial charge on any atom is -0.338 e. The van der Waals surface area contributed by atoms with E-state index in [2.05, 4.69) is 62.2 Å². The molecule has 0 unspecified atom stereocenters. The van der Waals surface area contributed by atoms with Crippen LogP contribution in [-0.4, -0.2) is 47.6 Å². The summed E-state index contributed by atoms with van der Waals surface area (Å²) in [6, 6.07) is 16.9. The van der Waals surface area contributed by atoms with Gasteiger partial charge in [-0.1, -0.05) is 41.9 Å². The topological polar surface area (TPSA) is 32.3 Å². The number of aromatic nitrogens is 2. The van der Waals surface area contributed by atoms with Gasteiger partial charge in [0.15, 0.2) is 0 Å². The molecule has 1 aromatic heterocycles. The molecule has 0 N–H and O–H groups in total. The number of piperazine rings is 1. The quantitative estimate of drug-likeness (QED) is 0.579. The van der Waals surface area contributed by atoms with Crippen molar-refractivity contribution in [2.75, 3.05) is 37.6 Å². The largest absolute Gasteiger partial charge is 0.338 e. The van der Waals surface area contributed by atoms with E-state index in [1.54, 1.807) is 0 Å². The summed E-state index contributed by atoms with van der Waals surface area (Å²) in [6.07, 6.45) is 6.00. The van der Waals surface area contributed by atoms with Gasteiger partial charge < -0.3 is 4.90 Å². The number of fused-ring (bicyclic) bond motifs is 2. The lowest BCUT2D eigenvalue weighted by molar-refractivity contribution is 0.283. The lowest BCUT2D eigenvalue weighted by atomic mass is 9.94. The van der Waals surface area contributed by atoms with Crippen LogP contribution in [0.5, 0.6) is 0 Å². The first kappa shape index (κ1) is 19.6. The first-order chi connectivity index (χ1) is 14.8. The molecular weight excluding hydrogens is 412 g/mol. The average Bonchev–Trinajstić information content (AvgIpc) is 2.95. The van der Waals surface area contributed by atoms with Crippen molar-refractivity contribution in [2.24, 2.45) is 0 Å². The van der Waals surface area contributed by atoms with Gasteiger partial charge >= 0.3 is 0 Å². The Morgan fingerprint density at radius 1 is 0.933 bits per heavy atom. The molecule has 0 atom stereocenters. The normalized spacial score (nSPS) is 18.0. The number of benzene rings is 2. The van der Waals surface area contributed by atoms with E-state index in [0.29, 0.717) is 0 Å². The zero-order valence-corrected chi connectivity index (χ0v) is 18.2. The summed E-state index contributed by atoms with van der Waals surface area (Å²) in [7, 11) is 0. The average molecular weight is 435 g/mol. The molecule has 0 saturated carbocycles. The molecule has 3 aromatic rings. The predicted octanol–water partition coefficient (Wildman–Crippen LogP) is 4.99. The first-order valence-corrected chi connectivity index (χ1v) is 11.6. The van der Waals surface area contributed by atoms with Gasteiger partial charge in [0.05, 0.1) is 0 Å². The number of hydrogen-bond donors (Lipinski definition) is 0. The molecule has 4 nitrogen and oxygen atoms in total. The number of nitrogens with zero attached hydrogens (tertiary/aromatic N) is 4. The van der Waals surface area contributed by atoms with Crippen molar-refractivity contribution in [1.29, 1.82) is 0 Å². The highest BCUT2D eigenvalue weighted by molar-refractivity contribution is 7.98. The van der Waals surface area contributed by atoms with E-state index >= 15 is 0 Å². The van der Waals surface area contributed by atoms with Gasteiger partial charge in [0.1, 0.15) is 0 Å². The highest BCUT2D eigenvalue weighted by atomic mass is 35.5. The number of thioether (sulfide) groups is 1. The third-order valence-corrected chi connectivity index (χ3v) is 7.04. The maximum absolute atomic E-state index is 6.38. The molecule has 2 aliphatic rings. The number of rotatable bonds is 3.